The van der Waals surface area contributed by atoms with Crippen molar-refractivity contribution >= 4 is 37.7 Å². The van der Waals surface area contributed by atoms with E-state index in [0.29, 0.717) is 0 Å². The predicted octanol–water partition coefficient (Wildman–Crippen LogP) is 1.93. The summed E-state index contributed by atoms with van der Waals surface area (Å²) in [6.07, 6.45) is 0. The first-order valence-corrected chi connectivity index (χ1v) is 11.7. The van der Waals surface area contributed by atoms with Crippen LogP contribution in [0, 0.1) is 0 Å². The first kappa shape index (κ1) is 10.7. The molecule has 0 aromatic heterocycles. The molecule has 0 aliphatic heterocycles. The Balaban J connectivity index is 0. The van der Waals surface area contributed by atoms with Gasteiger partial charge < -0.3 is 5.48 Å². The van der Waals surface area contributed by atoms with Gasteiger partial charge in [0.2, 0.25) is 0 Å². The van der Waals surface area contributed by atoms with E-state index < -0.39 is 11.9 Å². The Morgan fingerprint density at radius 2 is 0.833 bits per heavy atom. The molecular weight excluding hydrogens is 353 g/mol. The van der Waals surface area contributed by atoms with Crippen molar-refractivity contribution in [2.75, 3.05) is 0 Å². The molecule has 0 heterocycles. The second-order valence-electron chi connectivity index (χ2n) is 0.271. The van der Waals surface area contributed by atoms with E-state index in [9.17, 15) is 0 Å². The average molecular weight is 355 g/mol. The van der Waals surface area contributed by atoms with Gasteiger partial charge >= 0.3 is 49.6 Å². The number of halogens is 4. The second kappa shape index (κ2) is 3.77. The van der Waals surface area contributed by atoms with Crippen molar-refractivity contribution in [1.82, 2.24) is 0 Å². The Kier molecular flexibility index (Phi) is 6.74. The van der Waals surface area contributed by atoms with Crippen LogP contribution in [-0.2, 0) is 11.9 Å². The third-order valence-corrected chi connectivity index (χ3v) is 0. The van der Waals surface area contributed by atoms with Gasteiger partial charge in [-0.05, 0) is 0 Å². The molecule has 0 amide bonds. The monoisotopic (exact) mass is 353 g/mol. The van der Waals surface area contributed by atoms with Gasteiger partial charge in [-0.15, -0.1) is 0 Å². The second-order valence-corrected chi connectivity index (χ2v) is 20.0. The Bertz CT molecular complexity index is 23.0. The molecule has 0 saturated heterocycles. The summed E-state index contributed by atoms with van der Waals surface area (Å²) in [4.78, 5) is 0. The van der Waals surface area contributed by atoms with E-state index in [1.165, 1.54) is 0 Å². The summed E-state index contributed by atoms with van der Waals surface area (Å²) in [6, 6.07) is 0. The van der Waals surface area contributed by atoms with Crippen molar-refractivity contribution in [2.24, 2.45) is 0 Å². The summed E-state index contributed by atoms with van der Waals surface area (Å²) in [6.45, 7) is 0. The molecule has 0 saturated carbocycles. The molecule has 0 fully saturated rings. The summed E-state index contributed by atoms with van der Waals surface area (Å²) in [5.74, 6) is 0. The number of hydrogen-bond acceptors (Lipinski definition) is 0. The predicted molar refractivity (Wildman–Crippen MR) is 27.0 cm³/mol. The van der Waals surface area contributed by atoms with Crippen LogP contribution in [0.1, 0.15) is 0 Å². The van der Waals surface area contributed by atoms with E-state index in [-0.39, 0.29) is 5.48 Å². The van der Waals surface area contributed by atoms with E-state index in [1.807, 2.05) is 0 Å². The molecule has 6 heavy (non-hydrogen) atoms. The summed E-state index contributed by atoms with van der Waals surface area (Å²) in [7, 11) is 20.0. The van der Waals surface area contributed by atoms with Gasteiger partial charge in [0, 0.05) is 0 Å². The van der Waals surface area contributed by atoms with Crippen LogP contribution in [0.5, 0.6) is 0 Å². The van der Waals surface area contributed by atoms with Gasteiger partial charge in [0.15, 0.2) is 0 Å². The SMILES string of the molecule is O.[Cl][Pt]([Cl])([Cl])[Cl]. The Morgan fingerprint density at radius 3 is 0.833 bits per heavy atom. The Hall–Kier alpha value is 1.81. The van der Waals surface area contributed by atoms with Gasteiger partial charge in [0.25, 0.3) is 0 Å². The third kappa shape index (κ3) is 41.1. The summed E-state index contributed by atoms with van der Waals surface area (Å²) >= 11 is -3.06. The fraction of sp³-hybridized carbons (Fsp3) is 0. The van der Waals surface area contributed by atoms with Gasteiger partial charge in [-0.3, -0.25) is 0 Å². The molecule has 0 aromatic carbocycles. The molecule has 6 heteroatoms. The molecule has 0 rings (SSSR count). The Morgan fingerprint density at radius 1 is 0.833 bits per heavy atom. The van der Waals surface area contributed by atoms with Crippen molar-refractivity contribution in [3.63, 3.8) is 0 Å². The molecule has 0 radical (unpaired) electrons. The van der Waals surface area contributed by atoms with Crippen molar-refractivity contribution in [3.05, 3.63) is 0 Å². The van der Waals surface area contributed by atoms with Crippen LogP contribution in [0.15, 0.2) is 0 Å². The Labute approximate surface area is 54.7 Å². The van der Waals surface area contributed by atoms with Gasteiger partial charge in [0.05, 0.1) is 0 Å². The summed E-state index contributed by atoms with van der Waals surface area (Å²) in [5.41, 5.74) is 0. The van der Waals surface area contributed by atoms with E-state index in [1.54, 1.807) is 0 Å². The van der Waals surface area contributed by atoms with Gasteiger partial charge in [-0.25, -0.2) is 0 Å². The van der Waals surface area contributed by atoms with Crippen LogP contribution in [0.3, 0.4) is 0 Å². The van der Waals surface area contributed by atoms with Crippen LogP contribution < -0.4 is 0 Å². The average Bonchev–Trinajstić information content (AvgIpc) is 0.722. The van der Waals surface area contributed by atoms with Crippen molar-refractivity contribution < 1.29 is 17.4 Å². The number of hydrogen-bond donors (Lipinski definition) is 0. The van der Waals surface area contributed by atoms with E-state index >= 15 is 0 Å². The normalized spacial score (nSPS) is 12.7. The molecular formula is H2Cl4OPt. The topological polar surface area (TPSA) is 31.5 Å². The molecule has 0 aliphatic rings. The molecule has 0 spiro atoms. The van der Waals surface area contributed by atoms with Gasteiger partial charge in [-0.1, -0.05) is 0 Å². The maximum absolute atomic E-state index is 5.01. The van der Waals surface area contributed by atoms with Gasteiger partial charge in [0.1, 0.15) is 0 Å². The van der Waals surface area contributed by atoms with Crippen LogP contribution in [0.2, 0.25) is 0 Å². The molecule has 0 aliphatic carbocycles. The van der Waals surface area contributed by atoms with Crippen molar-refractivity contribution in [2.45, 2.75) is 0 Å². The van der Waals surface area contributed by atoms with Crippen LogP contribution in [0.25, 0.3) is 0 Å². The molecule has 2 N–H and O–H groups in total. The molecule has 0 aromatic rings. The molecule has 1 nitrogen and oxygen atoms in total. The molecule has 0 atom stereocenters. The zero-order valence-electron chi connectivity index (χ0n) is 2.33. The first-order valence-electron chi connectivity index (χ1n) is 0.478. The fourth-order valence-electron chi connectivity index (χ4n) is 0. The third-order valence-electron chi connectivity index (χ3n) is 0. The van der Waals surface area contributed by atoms with Gasteiger partial charge in [-0.2, -0.15) is 0 Å². The van der Waals surface area contributed by atoms with E-state index in [0.717, 1.165) is 0 Å². The molecule has 0 unspecified atom stereocenters. The van der Waals surface area contributed by atoms with Crippen LogP contribution in [0.4, 0.5) is 0 Å². The fourth-order valence-corrected chi connectivity index (χ4v) is 0. The molecule has 0 bridgehead atoms. The minimum atomic E-state index is -3.06. The van der Waals surface area contributed by atoms with Crippen molar-refractivity contribution in [1.29, 1.82) is 0 Å². The zero-order chi connectivity index (χ0) is 4.50. The molecule has 46 valence electrons. The van der Waals surface area contributed by atoms with Crippen LogP contribution >= 0.6 is 37.7 Å². The van der Waals surface area contributed by atoms with Crippen molar-refractivity contribution in [3.8, 4) is 0 Å². The van der Waals surface area contributed by atoms with Crippen LogP contribution in [-0.4, -0.2) is 5.48 Å². The minimum absolute atomic E-state index is 0. The first-order chi connectivity index (χ1) is 2.00. The number of rotatable bonds is 0. The quantitative estimate of drug-likeness (QED) is 0.636. The zero-order valence-corrected chi connectivity index (χ0v) is 7.62. The standard InChI is InChI=1S/4ClH.H2O.Pt/h4*1H;1H2;/q;;;;;+4/p-4. The summed E-state index contributed by atoms with van der Waals surface area (Å²) < 4.78 is 0. The maximum atomic E-state index is 5.01. The van der Waals surface area contributed by atoms with E-state index in [2.05, 4.69) is 0 Å². The summed E-state index contributed by atoms with van der Waals surface area (Å²) in [5, 5.41) is 0. The van der Waals surface area contributed by atoms with E-state index in [4.69, 9.17) is 37.7 Å².